The molecule has 8 heteroatoms. The zero-order chi connectivity index (χ0) is 17.9. The van der Waals surface area contributed by atoms with Crippen LogP contribution < -0.4 is 10.1 Å². The summed E-state index contributed by atoms with van der Waals surface area (Å²) in [7, 11) is -1.54. The number of rotatable bonds is 6. The van der Waals surface area contributed by atoms with Crippen LogP contribution in [0.3, 0.4) is 0 Å². The highest BCUT2D eigenvalue weighted by Gasteiger charge is 2.23. The minimum atomic E-state index is -3.14. The van der Waals surface area contributed by atoms with E-state index in [1.807, 2.05) is 24.3 Å². The first-order chi connectivity index (χ1) is 11.9. The molecule has 0 saturated heterocycles. The van der Waals surface area contributed by atoms with Crippen molar-refractivity contribution in [2.24, 2.45) is 5.92 Å². The standard InChI is InChI=1S/C17H18N2O5S/c1-23-15-4-2-13(3-5-15)16-9-14(19-24-16)10-18-17(20)8-12-6-7-25(21,22)11-12/h2-7,9,12H,8,10-11H2,1H3,(H,18,20)/t12-/m1/s1. The lowest BCUT2D eigenvalue weighted by Gasteiger charge is -2.06. The first-order valence-electron chi connectivity index (χ1n) is 7.73. The summed E-state index contributed by atoms with van der Waals surface area (Å²) in [4.78, 5) is 11.9. The van der Waals surface area contributed by atoms with E-state index in [9.17, 15) is 13.2 Å². The Balaban J connectivity index is 1.53. The summed E-state index contributed by atoms with van der Waals surface area (Å²) in [6.45, 7) is 0.224. The molecule has 0 radical (unpaired) electrons. The monoisotopic (exact) mass is 362 g/mol. The Kier molecular flexibility index (Phi) is 4.89. The lowest BCUT2D eigenvalue weighted by Crippen LogP contribution is -2.25. The molecule has 7 nitrogen and oxygen atoms in total. The summed E-state index contributed by atoms with van der Waals surface area (Å²) >= 11 is 0. The second-order valence-corrected chi connectivity index (χ2v) is 7.74. The Morgan fingerprint density at radius 1 is 1.36 bits per heavy atom. The van der Waals surface area contributed by atoms with Gasteiger partial charge in [0.25, 0.3) is 0 Å². The number of sulfone groups is 1. The molecule has 0 unspecified atom stereocenters. The van der Waals surface area contributed by atoms with Gasteiger partial charge in [-0.25, -0.2) is 8.42 Å². The Morgan fingerprint density at radius 2 is 2.12 bits per heavy atom. The molecule has 1 aliphatic heterocycles. The van der Waals surface area contributed by atoms with E-state index < -0.39 is 9.84 Å². The highest BCUT2D eigenvalue weighted by atomic mass is 32.2. The highest BCUT2D eigenvalue weighted by Crippen LogP contribution is 2.23. The minimum absolute atomic E-state index is 0.00794. The van der Waals surface area contributed by atoms with E-state index in [4.69, 9.17) is 9.26 Å². The van der Waals surface area contributed by atoms with E-state index in [1.165, 1.54) is 5.41 Å². The van der Waals surface area contributed by atoms with E-state index in [-0.39, 0.29) is 30.5 Å². The molecule has 0 fully saturated rings. The molecule has 2 heterocycles. The van der Waals surface area contributed by atoms with Gasteiger partial charge in [-0.2, -0.15) is 0 Å². The summed E-state index contributed by atoms with van der Waals surface area (Å²) in [6, 6.07) is 9.11. The van der Waals surface area contributed by atoms with Crippen molar-refractivity contribution in [2.75, 3.05) is 12.9 Å². The molecule has 0 spiro atoms. The number of amides is 1. The predicted molar refractivity (Wildman–Crippen MR) is 91.4 cm³/mol. The predicted octanol–water partition coefficient (Wildman–Crippen LogP) is 1.91. The van der Waals surface area contributed by atoms with Gasteiger partial charge in [-0.1, -0.05) is 11.2 Å². The average molecular weight is 362 g/mol. The van der Waals surface area contributed by atoms with Gasteiger partial charge in [0.05, 0.1) is 19.4 Å². The van der Waals surface area contributed by atoms with Gasteiger partial charge in [-0.3, -0.25) is 4.79 Å². The summed E-state index contributed by atoms with van der Waals surface area (Å²) in [5.74, 6) is 0.847. The zero-order valence-corrected chi connectivity index (χ0v) is 14.5. The molecular weight excluding hydrogens is 344 g/mol. The number of nitrogens with zero attached hydrogens (tertiary/aromatic N) is 1. The van der Waals surface area contributed by atoms with Crippen LogP contribution >= 0.6 is 0 Å². The topological polar surface area (TPSA) is 98.5 Å². The van der Waals surface area contributed by atoms with Crippen LogP contribution in [0.2, 0.25) is 0 Å². The second-order valence-electron chi connectivity index (χ2n) is 5.81. The van der Waals surface area contributed by atoms with Gasteiger partial charge in [0.2, 0.25) is 5.91 Å². The maximum atomic E-state index is 11.9. The van der Waals surface area contributed by atoms with Crippen molar-refractivity contribution in [3.8, 4) is 17.1 Å². The minimum Gasteiger partial charge on any atom is -0.497 e. The zero-order valence-electron chi connectivity index (χ0n) is 13.6. The van der Waals surface area contributed by atoms with E-state index in [2.05, 4.69) is 10.5 Å². The van der Waals surface area contributed by atoms with Gasteiger partial charge in [0.15, 0.2) is 15.6 Å². The van der Waals surface area contributed by atoms with Crippen LogP contribution in [0.4, 0.5) is 0 Å². The van der Waals surface area contributed by atoms with Crippen LogP contribution in [-0.4, -0.2) is 32.3 Å². The molecular formula is C17H18N2O5S. The van der Waals surface area contributed by atoms with Gasteiger partial charge in [0.1, 0.15) is 11.4 Å². The number of ether oxygens (including phenoxy) is 1. The molecule has 2 aromatic rings. The molecule has 0 aliphatic carbocycles. The van der Waals surface area contributed by atoms with Crippen molar-refractivity contribution >= 4 is 15.7 Å². The molecule has 0 bridgehead atoms. The van der Waals surface area contributed by atoms with Gasteiger partial charge >= 0.3 is 0 Å². The van der Waals surface area contributed by atoms with Gasteiger partial charge in [-0.15, -0.1) is 0 Å². The van der Waals surface area contributed by atoms with Crippen LogP contribution in [0.5, 0.6) is 5.75 Å². The summed E-state index contributed by atoms with van der Waals surface area (Å²) < 4.78 is 33.1. The number of benzene rings is 1. The maximum Gasteiger partial charge on any atom is 0.220 e. The fourth-order valence-electron chi connectivity index (χ4n) is 2.55. The smallest absolute Gasteiger partial charge is 0.220 e. The molecule has 1 aromatic heterocycles. The highest BCUT2D eigenvalue weighted by molar-refractivity contribution is 7.94. The first-order valence-corrected chi connectivity index (χ1v) is 9.44. The van der Waals surface area contributed by atoms with Crippen molar-refractivity contribution < 1.29 is 22.5 Å². The third-order valence-corrected chi connectivity index (χ3v) is 5.32. The van der Waals surface area contributed by atoms with E-state index in [0.29, 0.717) is 11.5 Å². The van der Waals surface area contributed by atoms with Gasteiger partial charge in [-0.05, 0) is 24.3 Å². The summed E-state index contributed by atoms with van der Waals surface area (Å²) in [5.41, 5.74) is 1.45. The van der Waals surface area contributed by atoms with Crippen molar-refractivity contribution in [1.82, 2.24) is 10.5 Å². The number of carbonyl (C=O) groups is 1. The molecule has 1 amide bonds. The number of hydrogen-bond acceptors (Lipinski definition) is 6. The van der Waals surface area contributed by atoms with Crippen molar-refractivity contribution in [2.45, 2.75) is 13.0 Å². The van der Waals surface area contributed by atoms with E-state index >= 15 is 0 Å². The number of aromatic nitrogens is 1. The third-order valence-electron chi connectivity index (χ3n) is 3.85. The fraction of sp³-hybridized carbons (Fsp3) is 0.294. The SMILES string of the molecule is COc1ccc(-c2cc(CNC(=O)C[C@H]3C=CS(=O)(=O)C3)no2)cc1. The van der Waals surface area contributed by atoms with Crippen LogP contribution in [0, 0.1) is 5.92 Å². The van der Waals surface area contributed by atoms with Crippen LogP contribution in [0.25, 0.3) is 11.3 Å². The van der Waals surface area contributed by atoms with Crippen molar-refractivity contribution in [3.63, 3.8) is 0 Å². The molecule has 3 rings (SSSR count). The van der Waals surface area contributed by atoms with Crippen molar-refractivity contribution in [3.05, 3.63) is 47.5 Å². The second kappa shape index (κ2) is 7.10. The maximum absolute atomic E-state index is 11.9. The summed E-state index contributed by atoms with van der Waals surface area (Å²) in [5, 5.41) is 7.83. The van der Waals surface area contributed by atoms with Crippen LogP contribution in [-0.2, 0) is 21.2 Å². The van der Waals surface area contributed by atoms with Crippen LogP contribution in [0.15, 0.2) is 46.3 Å². The third kappa shape index (κ3) is 4.48. The summed E-state index contributed by atoms with van der Waals surface area (Å²) in [6.07, 6.45) is 1.70. The Hall–Kier alpha value is -2.61. The number of carbonyl (C=O) groups excluding carboxylic acids is 1. The number of hydrogen-bond donors (Lipinski definition) is 1. The van der Waals surface area contributed by atoms with Crippen molar-refractivity contribution in [1.29, 1.82) is 0 Å². The Labute approximate surface area is 145 Å². The molecule has 132 valence electrons. The molecule has 1 aromatic carbocycles. The molecule has 1 aliphatic rings. The molecule has 25 heavy (non-hydrogen) atoms. The number of methoxy groups -OCH3 is 1. The molecule has 1 atom stereocenters. The lowest BCUT2D eigenvalue weighted by molar-refractivity contribution is -0.121. The first kappa shape index (κ1) is 17.2. The lowest BCUT2D eigenvalue weighted by atomic mass is 10.1. The van der Waals surface area contributed by atoms with Crippen LogP contribution in [0.1, 0.15) is 12.1 Å². The molecule has 1 N–H and O–H groups in total. The fourth-order valence-corrected chi connectivity index (χ4v) is 3.95. The normalized spacial score (nSPS) is 18.2. The quantitative estimate of drug-likeness (QED) is 0.843. The molecule has 0 saturated carbocycles. The Bertz CT molecular complexity index is 884. The Morgan fingerprint density at radius 3 is 2.76 bits per heavy atom. The average Bonchev–Trinajstić information content (AvgIpc) is 3.19. The van der Waals surface area contributed by atoms with Gasteiger partial charge < -0.3 is 14.6 Å². The largest absolute Gasteiger partial charge is 0.497 e. The van der Waals surface area contributed by atoms with E-state index in [0.717, 1.165) is 11.3 Å². The number of allylic oxidation sites excluding steroid dienone is 1. The van der Waals surface area contributed by atoms with E-state index in [1.54, 1.807) is 19.3 Å². The number of nitrogens with one attached hydrogen (secondary N) is 1. The van der Waals surface area contributed by atoms with Gasteiger partial charge in [0, 0.05) is 29.4 Å².